The second-order valence-electron chi connectivity index (χ2n) is 10.3. The third kappa shape index (κ3) is 6.08. The number of nitrogens with one attached hydrogen (secondary N) is 2. The zero-order valence-corrected chi connectivity index (χ0v) is 22.1. The maximum absolute atomic E-state index is 13.1. The maximum atomic E-state index is 13.1. The second-order valence-corrected chi connectivity index (χ2v) is 13.1. The smallest absolute Gasteiger partial charge is 0.261 e. The Balaban J connectivity index is 1.56. The molecule has 2 N–H and O–H groups in total. The number of rotatable bonds is 7. The van der Waals surface area contributed by atoms with Crippen LogP contribution in [0, 0.1) is 11.3 Å². The molecule has 0 saturated heterocycles. The van der Waals surface area contributed by atoms with Gasteiger partial charge in [-0.1, -0.05) is 32.9 Å². The second kappa shape index (κ2) is 9.70. The van der Waals surface area contributed by atoms with Crippen LogP contribution < -0.4 is 10.0 Å². The van der Waals surface area contributed by atoms with E-state index in [-0.39, 0.29) is 17.7 Å². The Hall–Kier alpha value is -2.78. The van der Waals surface area contributed by atoms with Crippen LogP contribution in [0.1, 0.15) is 66.1 Å². The summed E-state index contributed by atoms with van der Waals surface area (Å²) >= 11 is 1.35. The Labute approximate surface area is 210 Å². The molecule has 7 nitrogen and oxygen atoms in total. The van der Waals surface area contributed by atoms with E-state index in [4.69, 9.17) is 4.98 Å². The van der Waals surface area contributed by atoms with Crippen molar-refractivity contribution >= 4 is 49.5 Å². The van der Waals surface area contributed by atoms with Gasteiger partial charge in [0.2, 0.25) is 10.0 Å². The molecule has 1 amide bonds. The quantitative estimate of drug-likeness (QED) is 0.438. The van der Waals surface area contributed by atoms with Crippen molar-refractivity contribution in [2.75, 3.05) is 11.0 Å². The predicted octanol–water partition coefficient (Wildman–Crippen LogP) is 4.88. The fraction of sp³-hybridized carbons (Fsp3) is 0.423. The Morgan fingerprint density at radius 1 is 1.26 bits per heavy atom. The zero-order valence-electron chi connectivity index (χ0n) is 20.4. The van der Waals surface area contributed by atoms with E-state index in [1.807, 2.05) is 6.07 Å². The van der Waals surface area contributed by atoms with Crippen LogP contribution in [0.25, 0.3) is 10.2 Å². The summed E-state index contributed by atoms with van der Waals surface area (Å²) in [5.74, 6) is 0.319. The topological polar surface area (TPSA) is 105 Å². The molecule has 186 valence electrons. The van der Waals surface area contributed by atoms with Crippen molar-refractivity contribution in [3.8, 4) is 0 Å². The average molecular weight is 514 g/mol. The third-order valence-electron chi connectivity index (χ3n) is 6.55. The van der Waals surface area contributed by atoms with Gasteiger partial charge >= 0.3 is 0 Å². The van der Waals surface area contributed by atoms with Gasteiger partial charge in [0.1, 0.15) is 11.1 Å². The van der Waals surface area contributed by atoms with Crippen LogP contribution in [0.3, 0.4) is 0 Å². The molecule has 4 rings (SSSR count). The number of nitrogens with zero attached hydrogens (tertiary/aromatic N) is 1. The van der Waals surface area contributed by atoms with Crippen molar-refractivity contribution in [2.45, 2.75) is 52.5 Å². The number of aromatic nitrogens is 1. The number of carbonyl (C=O) groups excluding carboxylic acids is 2. The molecule has 1 aliphatic rings. The SMILES string of the molecule is CC(C)(C)C1CCc2nc3sc(C(=O)N[C@H](CC=O)c4cccc(NS(C)(=O)=O)c4)cc3cc2C1. The molecular formula is C26H31N3O4S2. The fourth-order valence-corrected chi connectivity index (χ4v) is 6.10. The van der Waals surface area contributed by atoms with Crippen molar-refractivity contribution in [2.24, 2.45) is 11.3 Å². The highest BCUT2D eigenvalue weighted by atomic mass is 32.2. The number of carbonyl (C=O) groups is 2. The van der Waals surface area contributed by atoms with E-state index in [0.29, 0.717) is 22.0 Å². The van der Waals surface area contributed by atoms with E-state index < -0.39 is 16.1 Å². The molecule has 0 radical (unpaired) electrons. The number of benzene rings is 1. The van der Waals surface area contributed by atoms with Crippen molar-refractivity contribution in [3.05, 3.63) is 58.1 Å². The highest BCUT2D eigenvalue weighted by Gasteiger charge is 2.30. The summed E-state index contributed by atoms with van der Waals surface area (Å²) in [5, 5.41) is 3.89. The van der Waals surface area contributed by atoms with Gasteiger partial charge in [-0.15, -0.1) is 11.3 Å². The summed E-state index contributed by atoms with van der Waals surface area (Å²) in [4.78, 5) is 30.7. The third-order valence-corrected chi connectivity index (χ3v) is 8.20. The molecule has 0 spiro atoms. The predicted molar refractivity (Wildman–Crippen MR) is 140 cm³/mol. The van der Waals surface area contributed by atoms with Gasteiger partial charge in [0.05, 0.1) is 17.2 Å². The summed E-state index contributed by atoms with van der Waals surface area (Å²) in [7, 11) is -3.44. The molecule has 35 heavy (non-hydrogen) atoms. The maximum Gasteiger partial charge on any atom is 0.261 e. The number of hydrogen-bond donors (Lipinski definition) is 2. The van der Waals surface area contributed by atoms with Gasteiger partial charge in [-0.2, -0.15) is 0 Å². The Bertz CT molecular complexity index is 1370. The van der Waals surface area contributed by atoms with Crippen LogP contribution in [-0.2, 0) is 27.7 Å². The lowest BCUT2D eigenvalue weighted by molar-refractivity contribution is -0.108. The number of pyridine rings is 1. The molecule has 0 fully saturated rings. The number of fused-ring (bicyclic) bond motifs is 2. The molecule has 9 heteroatoms. The lowest BCUT2D eigenvalue weighted by atomic mass is 9.71. The van der Waals surface area contributed by atoms with Gasteiger partial charge in [0, 0.05) is 23.2 Å². The van der Waals surface area contributed by atoms with Crippen LogP contribution in [0.4, 0.5) is 5.69 Å². The van der Waals surface area contributed by atoms with Crippen LogP contribution in [-0.4, -0.2) is 31.9 Å². The number of aldehydes is 1. The van der Waals surface area contributed by atoms with Gasteiger partial charge in [-0.3, -0.25) is 9.52 Å². The van der Waals surface area contributed by atoms with Crippen molar-refractivity contribution < 1.29 is 18.0 Å². The van der Waals surface area contributed by atoms with Crippen molar-refractivity contribution in [1.82, 2.24) is 10.3 Å². The van der Waals surface area contributed by atoms with E-state index in [1.165, 1.54) is 16.9 Å². The number of thiophene rings is 1. The first-order valence-electron chi connectivity index (χ1n) is 11.7. The molecule has 2 aromatic heterocycles. The molecule has 1 aliphatic carbocycles. The zero-order chi connectivity index (χ0) is 25.4. The van der Waals surface area contributed by atoms with Crippen LogP contribution in [0.5, 0.6) is 0 Å². The molecule has 1 unspecified atom stereocenters. The Kier molecular flexibility index (Phi) is 7.02. The van der Waals surface area contributed by atoms with E-state index in [0.717, 1.165) is 47.7 Å². The molecule has 1 aromatic carbocycles. The number of hydrogen-bond acceptors (Lipinski definition) is 6. The fourth-order valence-electron chi connectivity index (χ4n) is 4.61. The first-order chi connectivity index (χ1) is 16.4. The number of aryl methyl sites for hydroxylation is 1. The first-order valence-corrected chi connectivity index (χ1v) is 14.4. The molecule has 3 aromatic rings. The van der Waals surface area contributed by atoms with E-state index in [1.54, 1.807) is 24.3 Å². The van der Waals surface area contributed by atoms with Crippen molar-refractivity contribution in [1.29, 1.82) is 0 Å². The van der Waals surface area contributed by atoms with Gasteiger partial charge in [0.25, 0.3) is 5.91 Å². The van der Waals surface area contributed by atoms with E-state index >= 15 is 0 Å². The van der Waals surface area contributed by atoms with Crippen LogP contribution in [0.2, 0.25) is 0 Å². The molecule has 0 aliphatic heterocycles. The summed E-state index contributed by atoms with van der Waals surface area (Å²) in [5.41, 5.74) is 3.65. The normalized spacial score (nSPS) is 17.0. The van der Waals surface area contributed by atoms with E-state index in [9.17, 15) is 18.0 Å². The minimum Gasteiger partial charge on any atom is -0.344 e. The Morgan fingerprint density at radius 3 is 2.71 bits per heavy atom. The summed E-state index contributed by atoms with van der Waals surface area (Å²) in [6.45, 7) is 6.85. The van der Waals surface area contributed by atoms with Gasteiger partial charge < -0.3 is 10.1 Å². The van der Waals surface area contributed by atoms with Gasteiger partial charge in [0.15, 0.2) is 0 Å². The molecule has 2 atom stereocenters. The molecule has 0 saturated carbocycles. The number of sulfonamides is 1. The van der Waals surface area contributed by atoms with Crippen molar-refractivity contribution in [3.63, 3.8) is 0 Å². The summed E-state index contributed by atoms with van der Waals surface area (Å²) < 4.78 is 25.6. The minimum atomic E-state index is -3.44. The monoisotopic (exact) mass is 513 g/mol. The molecule has 0 bridgehead atoms. The number of anilines is 1. The average Bonchev–Trinajstić information content (AvgIpc) is 3.18. The summed E-state index contributed by atoms with van der Waals surface area (Å²) in [6, 6.07) is 10.1. The Morgan fingerprint density at radius 2 is 2.03 bits per heavy atom. The highest BCUT2D eigenvalue weighted by Crippen LogP contribution is 2.38. The van der Waals surface area contributed by atoms with Gasteiger partial charge in [-0.25, -0.2) is 13.4 Å². The highest BCUT2D eigenvalue weighted by molar-refractivity contribution is 7.92. The lowest BCUT2D eigenvalue weighted by Crippen LogP contribution is -2.28. The summed E-state index contributed by atoms with van der Waals surface area (Å²) in [6.07, 6.45) is 4.95. The van der Waals surface area contributed by atoms with Crippen LogP contribution >= 0.6 is 11.3 Å². The minimum absolute atomic E-state index is 0.0691. The standard InChI is InChI=1S/C26H31N3O4S2/c1-26(2,3)19-8-9-21-17(13-19)12-18-15-23(34-25(18)28-21)24(31)27-22(10-11-30)16-6-5-7-20(14-16)29-35(4,32)33/h5-7,11-12,14-15,19,22,29H,8-10,13H2,1-4H3,(H,27,31)/t19?,22-/m1/s1. The largest absolute Gasteiger partial charge is 0.344 e. The van der Waals surface area contributed by atoms with Crippen LogP contribution in [0.15, 0.2) is 36.4 Å². The molecule has 2 heterocycles. The lowest BCUT2D eigenvalue weighted by Gasteiger charge is -2.34. The van der Waals surface area contributed by atoms with E-state index in [2.05, 4.69) is 36.9 Å². The molecular weight excluding hydrogens is 482 g/mol. The van der Waals surface area contributed by atoms with Gasteiger partial charge in [-0.05, 0) is 66.0 Å². The number of amides is 1. The first kappa shape index (κ1) is 25.3.